The lowest BCUT2D eigenvalue weighted by Gasteiger charge is -2.31. The van der Waals surface area contributed by atoms with Crippen LogP contribution in [0, 0.1) is 13.8 Å². The number of hydrogen-bond donors (Lipinski definition) is 1. The number of hydrogen-bond acceptors (Lipinski definition) is 3. The molecule has 112 valence electrons. The monoisotopic (exact) mass is 276 g/mol. The van der Waals surface area contributed by atoms with Crippen LogP contribution in [-0.2, 0) is 4.74 Å². The molecule has 3 heteroatoms. The van der Waals surface area contributed by atoms with Gasteiger partial charge in [0.25, 0.3) is 0 Å². The number of morpholine rings is 1. The largest absolute Gasteiger partial charge is 0.379 e. The molecule has 1 N–H and O–H groups in total. The van der Waals surface area contributed by atoms with E-state index in [9.17, 15) is 0 Å². The molecule has 0 spiro atoms. The maximum Gasteiger partial charge on any atom is 0.0594 e. The maximum absolute atomic E-state index is 5.40. The molecule has 1 fully saturated rings. The van der Waals surface area contributed by atoms with Gasteiger partial charge in [-0.2, -0.15) is 0 Å². The summed E-state index contributed by atoms with van der Waals surface area (Å²) in [6.45, 7) is 13.9. The van der Waals surface area contributed by atoms with Crippen molar-refractivity contribution in [2.45, 2.75) is 39.8 Å². The van der Waals surface area contributed by atoms with E-state index in [0.717, 1.165) is 32.8 Å². The zero-order valence-corrected chi connectivity index (χ0v) is 13.3. The standard InChI is InChI=1S/C17H28N2O/c1-13-5-6-14(2)17(11-13)16(4)18-15(3)12-19-7-9-20-10-8-19/h5-6,11,15-16,18H,7-10,12H2,1-4H3. The first-order chi connectivity index (χ1) is 9.56. The van der Waals surface area contributed by atoms with Crippen molar-refractivity contribution in [3.05, 3.63) is 34.9 Å². The average Bonchev–Trinajstić information content (AvgIpc) is 2.42. The second kappa shape index (κ2) is 7.21. The molecule has 1 saturated heterocycles. The minimum atomic E-state index is 0.394. The first-order valence-corrected chi connectivity index (χ1v) is 7.69. The molecule has 0 aromatic heterocycles. The van der Waals surface area contributed by atoms with Crippen LogP contribution < -0.4 is 5.32 Å². The Morgan fingerprint density at radius 2 is 1.90 bits per heavy atom. The molecule has 0 amide bonds. The second-order valence-electron chi connectivity index (χ2n) is 6.06. The quantitative estimate of drug-likeness (QED) is 0.895. The topological polar surface area (TPSA) is 24.5 Å². The summed E-state index contributed by atoms with van der Waals surface area (Å²) in [7, 11) is 0. The van der Waals surface area contributed by atoms with Gasteiger partial charge >= 0.3 is 0 Å². The average molecular weight is 276 g/mol. The lowest BCUT2D eigenvalue weighted by atomic mass is 9.99. The van der Waals surface area contributed by atoms with Crippen molar-refractivity contribution in [2.75, 3.05) is 32.8 Å². The molecule has 0 aliphatic carbocycles. The number of rotatable bonds is 5. The van der Waals surface area contributed by atoms with Gasteiger partial charge in [-0.05, 0) is 38.8 Å². The molecule has 2 atom stereocenters. The fourth-order valence-electron chi connectivity index (χ4n) is 2.97. The van der Waals surface area contributed by atoms with Gasteiger partial charge in [-0.3, -0.25) is 4.90 Å². The summed E-state index contributed by atoms with van der Waals surface area (Å²) < 4.78 is 5.40. The Morgan fingerprint density at radius 1 is 1.20 bits per heavy atom. The van der Waals surface area contributed by atoms with Crippen molar-refractivity contribution in [2.24, 2.45) is 0 Å². The number of benzene rings is 1. The van der Waals surface area contributed by atoms with E-state index in [0.29, 0.717) is 12.1 Å². The van der Waals surface area contributed by atoms with E-state index in [-0.39, 0.29) is 0 Å². The highest BCUT2D eigenvalue weighted by Crippen LogP contribution is 2.19. The van der Waals surface area contributed by atoms with Crippen LogP contribution in [0.5, 0.6) is 0 Å². The molecule has 1 aromatic carbocycles. The summed E-state index contributed by atoms with van der Waals surface area (Å²) in [5, 5.41) is 3.73. The molecule has 0 saturated carbocycles. The molecule has 1 aliphatic heterocycles. The van der Waals surface area contributed by atoms with E-state index in [2.05, 4.69) is 56.1 Å². The first kappa shape index (κ1) is 15.5. The molecule has 20 heavy (non-hydrogen) atoms. The normalized spacial score (nSPS) is 19.8. The van der Waals surface area contributed by atoms with Gasteiger partial charge in [-0.15, -0.1) is 0 Å². The van der Waals surface area contributed by atoms with Crippen molar-refractivity contribution in [1.82, 2.24) is 10.2 Å². The molecule has 1 aromatic rings. The van der Waals surface area contributed by atoms with E-state index in [1.807, 2.05) is 0 Å². The molecule has 1 aliphatic rings. The van der Waals surface area contributed by atoms with Crippen molar-refractivity contribution in [1.29, 1.82) is 0 Å². The molecule has 2 unspecified atom stereocenters. The molecule has 0 bridgehead atoms. The number of aryl methyl sites for hydroxylation is 2. The molecular weight excluding hydrogens is 248 g/mol. The Hall–Kier alpha value is -0.900. The molecule has 3 nitrogen and oxygen atoms in total. The number of ether oxygens (including phenoxy) is 1. The van der Waals surface area contributed by atoms with Gasteiger partial charge in [-0.25, -0.2) is 0 Å². The van der Waals surface area contributed by atoms with Gasteiger partial charge in [0.05, 0.1) is 13.2 Å². The summed E-state index contributed by atoms with van der Waals surface area (Å²) >= 11 is 0. The minimum Gasteiger partial charge on any atom is -0.379 e. The van der Waals surface area contributed by atoms with Crippen molar-refractivity contribution >= 4 is 0 Å². The van der Waals surface area contributed by atoms with E-state index in [4.69, 9.17) is 4.74 Å². The van der Waals surface area contributed by atoms with Gasteiger partial charge in [0.2, 0.25) is 0 Å². The zero-order valence-electron chi connectivity index (χ0n) is 13.3. The van der Waals surface area contributed by atoms with Crippen LogP contribution in [0.4, 0.5) is 0 Å². The molecule has 0 radical (unpaired) electrons. The van der Waals surface area contributed by atoms with E-state index >= 15 is 0 Å². The van der Waals surface area contributed by atoms with Gasteiger partial charge < -0.3 is 10.1 Å². The summed E-state index contributed by atoms with van der Waals surface area (Å²) in [6.07, 6.45) is 0. The third-order valence-corrected chi connectivity index (χ3v) is 4.07. The van der Waals surface area contributed by atoms with E-state index in [1.165, 1.54) is 16.7 Å². The van der Waals surface area contributed by atoms with Crippen molar-refractivity contribution in [3.63, 3.8) is 0 Å². The predicted octanol–water partition coefficient (Wildman–Crippen LogP) is 2.67. The first-order valence-electron chi connectivity index (χ1n) is 7.69. The van der Waals surface area contributed by atoms with Gasteiger partial charge in [0.1, 0.15) is 0 Å². The third kappa shape index (κ3) is 4.30. The lowest BCUT2D eigenvalue weighted by molar-refractivity contribution is 0.0339. The predicted molar refractivity (Wildman–Crippen MR) is 84.2 cm³/mol. The molecule has 1 heterocycles. The molecular formula is C17H28N2O. The van der Waals surface area contributed by atoms with E-state index < -0.39 is 0 Å². The number of nitrogens with zero attached hydrogens (tertiary/aromatic N) is 1. The number of nitrogens with one attached hydrogen (secondary N) is 1. The smallest absolute Gasteiger partial charge is 0.0594 e. The summed E-state index contributed by atoms with van der Waals surface area (Å²) in [5.41, 5.74) is 4.12. The van der Waals surface area contributed by atoms with Gasteiger partial charge in [0.15, 0.2) is 0 Å². The fraction of sp³-hybridized carbons (Fsp3) is 0.647. The van der Waals surface area contributed by atoms with Crippen LogP contribution in [0.25, 0.3) is 0 Å². The fourth-order valence-corrected chi connectivity index (χ4v) is 2.97. The molecule has 2 rings (SSSR count). The summed E-state index contributed by atoms with van der Waals surface area (Å²) in [5.74, 6) is 0. The lowest BCUT2D eigenvalue weighted by Crippen LogP contribution is -2.45. The van der Waals surface area contributed by atoms with Crippen LogP contribution in [0.3, 0.4) is 0 Å². The Balaban J connectivity index is 1.89. The SMILES string of the molecule is Cc1ccc(C)c(C(C)NC(C)CN2CCOCC2)c1. The third-order valence-electron chi connectivity index (χ3n) is 4.07. The van der Waals surface area contributed by atoms with Crippen LogP contribution in [0.15, 0.2) is 18.2 Å². The van der Waals surface area contributed by atoms with Crippen LogP contribution in [0.2, 0.25) is 0 Å². The summed E-state index contributed by atoms with van der Waals surface area (Å²) in [4.78, 5) is 2.48. The van der Waals surface area contributed by atoms with Gasteiger partial charge in [-0.1, -0.05) is 23.8 Å². The minimum absolute atomic E-state index is 0.394. The summed E-state index contributed by atoms with van der Waals surface area (Å²) in [6, 6.07) is 7.58. The van der Waals surface area contributed by atoms with Gasteiger partial charge in [0, 0.05) is 31.7 Å². The Labute approximate surface area is 123 Å². The highest BCUT2D eigenvalue weighted by atomic mass is 16.5. The van der Waals surface area contributed by atoms with Crippen molar-refractivity contribution < 1.29 is 4.74 Å². The zero-order chi connectivity index (χ0) is 14.5. The van der Waals surface area contributed by atoms with E-state index in [1.54, 1.807) is 0 Å². The highest BCUT2D eigenvalue weighted by molar-refractivity contribution is 5.32. The van der Waals surface area contributed by atoms with Crippen molar-refractivity contribution in [3.8, 4) is 0 Å². The Kier molecular flexibility index (Phi) is 5.58. The van der Waals surface area contributed by atoms with Crippen LogP contribution in [-0.4, -0.2) is 43.8 Å². The Bertz CT molecular complexity index is 427. The highest BCUT2D eigenvalue weighted by Gasteiger charge is 2.16. The Morgan fingerprint density at radius 3 is 2.60 bits per heavy atom. The second-order valence-corrected chi connectivity index (χ2v) is 6.06. The maximum atomic E-state index is 5.40. The van der Waals surface area contributed by atoms with Crippen LogP contribution in [0.1, 0.15) is 36.6 Å². The van der Waals surface area contributed by atoms with Crippen LogP contribution >= 0.6 is 0 Å².